The number of aliphatic hydroxyl groups excluding tert-OH is 1. The monoisotopic (exact) mass is 460 g/mol. The van der Waals surface area contributed by atoms with Gasteiger partial charge < -0.3 is 14.3 Å². The Morgan fingerprint density at radius 3 is 2.28 bits per heavy atom. The first-order valence-electron chi connectivity index (χ1n) is 12.2. The van der Waals surface area contributed by atoms with Crippen LogP contribution in [0.4, 0.5) is 0 Å². The van der Waals surface area contributed by atoms with Gasteiger partial charge >= 0.3 is 5.97 Å². The lowest BCUT2D eigenvalue weighted by Crippen LogP contribution is -2.46. The van der Waals surface area contributed by atoms with E-state index in [1.165, 1.54) is 0 Å². The van der Waals surface area contributed by atoms with Gasteiger partial charge in [-0.3, -0.25) is 4.79 Å². The average molecular weight is 461 g/mol. The zero-order valence-corrected chi connectivity index (χ0v) is 22.2. The third-order valence-corrected chi connectivity index (χ3v) is 13.8. The standard InChI is InChI=1S/C26H40O5Si/c1-14(2)17-20(27)21(28)19-22-18-16(23(29)30-22)15(31-32(8,9)24(3,4)5)10-11-25(18,6)12-13-26(17,19)7/h14-15,17,20,27H,10-13H2,1-9H3/t15-,17-,20-,25-,26+/m0/s1. The van der Waals surface area contributed by atoms with E-state index < -0.39 is 19.8 Å². The molecule has 1 N–H and O–H groups in total. The van der Waals surface area contributed by atoms with Crippen molar-refractivity contribution in [2.45, 2.75) is 104 Å². The van der Waals surface area contributed by atoms with Gasteiger partial charge in [-0.25, -0.2) is 4.79 Å². The van der Waals surface area contributed by atoms with E-state index in [2.05, 4.69) is 61.6 Å². The third kappa shape index (κ3) is 3.16. The van der Waals surface area contributed by atoms with Crippen LogP contribution in [0.2, 0.25) is 18.1 Å². The van der Waals surface area contributed by atoms with Gasteiger partial charge in [0.2, 0.25) is 0 Å². The molecule has 5 atom stereocenters. The van der Waals surface area contributed by atoms with Crippen LogP contribution in [0.1, 0.15) is 74.1 Å². The molecule has 0 spiro atoms. The molecule has 0 aromatic heterocycles. The van der Waals surface area contributed by atoms with Gasteiger partial charge in [-0.1, -0.05) is 48.5 Å². The molecule has 0 aromatic carbocycles. The molecule has 1 aliphatic heterocycles. The number of ether oxygens (including phenoxy) is 1. The van der Waals surface area contributed by atoms with Gasteiger partial charge in [-0.15, -0.1) is 0 Å². The molecule has 0 bridgehead atoms. The molecular weight excluding hydrogens is 420 g/mol. The second-order valence-electron chi connectivity index (χ2n) is 12.8. The van der Waals surface area contributed by atoms with Crippen molar-refractivity contribution in [1.82, 2.24) is 0 Å². The van der Waals surface area contributed by atoms with E-state index in [-0.39, 0.29) is 40.1 Å². The molecule has 0 aromatic rings. The molecule has 1 fully saturated rings. The topological polar surface area (TPSA) is 72.8 Å². The maximum Gasteiger partial charge on any atom is 0.342 e. The second-order valence-corrected chi connectivity index (χ2v) is 17.6. The van der Waals surface area contributed by atoms with Crippen LogP contribution in [0.25, 0.3) is 0 Å². The Morgan fingerprint density at radius 1 is 1.09 bits per heavy atom. The van der Waals surface area contributed by atoms with Crippen LogP contribution >= 0.6 is 0 Å². The van der Waals surface area contributed by atoms with Gasteiger partial charge in [0.1, 0.15) is 11.9 Å². The van der Waals surface area contributed by atoms with Crippen LogP contribution in [0.5, 0.6) is 0 Å². The first-order valence-corrected chi connectivity index (χ1v) is 15.1. The minimum atomic E-state index is -2.11. The summed E-state index contributed by atoms with van der Waals surface area (Å²) in [5.74, 6) is -0.214. The number of rotatable bonds is 3. The molecule has 4 rings (SSSR count). The average Bonchev–Trinajstić information content (AvgIpc) is 3.05. The highest BCUT2D eigenvalue weighted by Gasteiger charge is 2.62. The van der Waals surface area contributed by atoms with Crippen molar-refractivity contribution >= 4 is 20.1 Å². The van der Waals surface area contributed by atoms with E-state index in [9.17, 15) is 14.7 Å². The normalized spacial score (nSPS) is 37.7. The Hall–Kier alpha value is -1.24. The number of fused-ring (bicyclic) bond motifs is 1. The van der Waals surface area contributed by atoms with Crippen molar-refractivity contribution in [2.24, 2.45) is 22.7 Å². The molecule has 1 heterocycles. The lowest BCUT2D eigenvalue weighted by molar-refractivity contribution is -0.134. The van der Waals surface area contributed by atoms with Crippen LogP contribution in [-0.2, 0) is 18.8 Å². The van der Waals surface area contributed by atoms with Crippen LogP contribution in [0, 0.1) is 22.7 Å². The van der Waals surface area contributed by atoms with E-state index in [4.69, 9.17) is 9.16 Å². The van der Waals surface area contributed by atoms with Crippen molar-refractivity contribution in [1.29, 1.82) is 0 Å². The first kappa shape index (κ1) is 23.9. The van der Waals surface area contributed by atoms with Gasteiger partial charge in [-0.05, 0) is 55.1 Å². The van der Waals surface area contributed by atoms with Crippen LogP contribution < -0.4 is 0 Å². The number of hydrogen-bond acceptors (Lipinski definition) is 5. The summed E-state index contributed by atoms with van der Waals surface area (Å²) in [4.78, 5) is 26.7. The lowest BCUT2D eigenvalue weighted by Gasteiger charge is -2.43. The third-order valence-electron chi connectivity index (χ3n) is 9.34. The molecule has 32 heavy (non-hydrogen) atoms. The molecule has 0 unspecified atom stereocenters. The van der Waals surface area contributed by atoms with E-state index >= 15 is 0 Å². The molecule has 0 radical (unpaired) electrons. The van der Waals surface area contributed by atoms with Crippen LogP contribution in [-0.4, -0.2) is 37.4 Å². The molecule has 3 aliphatic carbocycles. The van der Waals surface area contributed by atoms with Crippen molar-refractivity contribution in [3.63, 3.8) is 0 Å². The maximum absolute atomic E-state index is 13.4. The molecule has 5 nitrogen and oxygen atoms in total. The number of esters is 1. The fourth-order valence-corrected chi connectivity index (χ4v) is 7.82. The largest absolute Gasteiger partial charge is 0.422 e. The Kier molecular flexibility index (Phi) is 5.32. The fraction of sp³-hybridized carbons (Fsp3) is 0.769. The quantitative estimate of drug-likeness (QED) is 0.457. The number of carbonyl (C=O) groups is 2. The highest BCUT2D eigenvalue weighted by atomic mass is 28.4. The van der Waals surface area contributed by atoms with Gasteiger partial charge in [0.05, 0.1) is 11.7 Å². The van der Waals surface area contributed by atoms with Crippen molar-refractivity contribution in [2.75, 3.05) is 0 Å². The van der Waals surface area contributed by atoms with Gasteiger partial charge in [0, 0.05) is 22.5 Å². The maximum atomic E-state index is 13.4. The summed E-state index contributed by atoms with van der Waals surface area (Å²) in [7, 11) is -2.11. The van der Waals surface area contributed by atoms with E-state index in [1.54, 1.807) is 0 Å². The molecule has 0 saturated heterocycles. The van der Waals surface area contributed by atoms with E-state index in [1.807, 2.05) is 0 Å². The number of aliphatic hydroxyl groups is 1. The minimum Gasteiger partial charge on any atom is -0.422 e. The molecule has 6 heteroatoms. The van der Waals surface area contributed by atoms with Gasteiger partial charge in [0.25, 0.3) is 0 Å². The second kappa shape index (κ2) is 7.13. The summed E-state index contributed by atoms with van der Waals surface area (Å²) >= 11 is 0. The van der Waals surface area contributed by atoms with Gasteiger partial charge in [0.15, 0.2) is 14.1 Å². The first-order chi connectivity index (χ1) is 14.5. The zero-order valence-electron chi connectivity index (χ0n) is 21.2. The molecule has 178 valence electrons. The highest BCUT2D eigenvalue weighted by Crippen LogP contribution is 2.63. The summed E-state index contributed by atoms with van der Waals surface area (Å²) in [5, 5.41) is 10.9. The minimum absolute atomic E-state index is 0.0286. The number of carbonyl (C=O) groups excluding carboxylic acids is 2. The van der Waals surface area contributed by atoms with E-state index in [0.29, 0.717) is 16.9 Å². The smallest absolute Gasteiger partial charge is 0.342 e. The van der Waals surface area contributed by atoms with Crippen molar-refractivity contribution in [3.8, 4) is 0 Å². The molecule has 0 amide bonds. The predicted molar refractivity (Wildman–Crippen MR) is 126 cm³/mol. The van der Waals surface area contributed by atoms with E-state index in [0.717, 1.165) is 31.3 Å². The van der Waals surface area contributed by atoms with Crippen molar-refractivity contribution in [3.05, 3.63) is 22.5 Å². The Morgan fingerprint density at radius 2 is 1.72 bits per heavy atom. The Bertz CT molecular complexity index is 936. The predicted octanol–water partition coefficient (Wildman–Crippen LogP) is 5.30. The van der Waals surface area contributed by atoms with Gasteiger partial charge in [-0.2, -0.15) is 0 Å². The van der Waals surface area contributed by atoms with Crippen LogP contribution in [0.3, 0.4) is 0 Å². The highest BCUT2D eigenvalue weighted by molar-refractivity contribution is 6.74. The lowest BCUT2D eigenvalue weighted by atomic mass is 9.65. The number of hydrogen-bond donors (Lipinski definition) is 1. The Labute approximate surface area is 193 Å². The molecule has 1 saturated carbocycles. The number of allylic oxidation sites excluding steroid dienone is 1. The number of ketones is 1. The van der Waals surface area contributed by atoms with Crippen LogP contribution in [0.15, 0.2) is 22.5 Å². The summed E-state index contributed by atoms with van der Waals surface area (Å²) in [6.45, 7) is 19.4. The fourth-order valence-electron chi connectivity index (χ4n) is 6.52. The van der Waals surface area contributed by atoms with Crippen molar-refractivity contribution < 1.29 is 23.9 Å². The molecule has 4 aliphatic rings. The molecular formula is C26H40O5Si. The summed E-state index contributed by atoms with van der Waals surface area (Å²) in [6.07, 6.45) is 2.02. The SMILES string of the molecule is CC(C)[C@H]1[C@H](O)C(=O)C2=C3OC(=O)C4=C3[C@@](C)(CC[C@@H]4O[Si](C)(C)C(C)(C)C)CC[C@@]21C. The summed E-state index contributed by atoms with van der Waals surface area (Å²) < 4.78 is 12.7. The summed E-state index contributed by atoms with van der Waals surface area (Å²) in [5.41, 5.74) is 1.33. The summed E-state index contributed by atoms with van der Waals surface area (Å²) in [6, 6.07) is 0. The number of Topliss-reactive ketones (excluding diaryl/α,β-unsaturated/α-hetero) is 1. The zero-order chi connectivity index (χ0) is 24.0. The Balaban J connectivity index is 1.90.